The number of fused-ring (bicyclic) bond motifs is 1. The average Bonchev–Trinajstić information content (AvgIpc) is 3.13. The number of rotatable bonds is 6. The maximum Gasteiger partial charge on any atom is 0.248 e. The number of likely N-dealkylation sites (N-methyl/N-ethyl adjacent to an activating group) is 1. The van der Waals surface area contributed by atoms with Gasteiger partial charge in [-0.15, -0.1) is 0 Å². The Morgan fingerprint density at radius 3 is 2.91 bits per heavy atom. The van der Waals surface area contributed by atoms with E-state index in [9.17, 15) is 4.79 Å². The quantitative estimate of drug-likeness (QED) is 0.708. The van der Waals surface area contributed by atoms with Crippen molar-refractivity contribution in [3.63, 3.8) is 0 Å². The molecule has 1 aromatic heterocycles. The number of hydrogen-bond donors (Lipinski definition) is 0. The molecule has 23 heavy (non-hydrogen) atoms. The van der Waals surface area contributed by atoms with Gasteiger partial charge in [-0.05, 0) is 18.4 Å². The molecule has 0 bridgehead atoms. The summed E-state index contributed by atoms with van der Waals surface area (Å²) in [6.07, 6.45) is 4.72. The summed E-state index contributed by atoms with van der Waals surface area (Å²) < 4.78 is 11.4. The van der Waals surface area contributed by atoms with Gasteiger partial charge in [0.25, 0.3) is 0 Å². The van der Waals surface area contributed by atoms with Crippen molar-refractivity contribution >= 4 is 11.9 Å². The third-order valence-electron chi connectivity index (χ3n) is 4.63. The lowest BCUT2D eigenvalue weighted by atomic mass is 9.91. The summed E-state index contributed by atoms with van der Waals surface area (Å²) in [5.74, 6) is 1.74. The Kier molecular flexibility index (Phi) is 5.07. The number of hydrogen-bond acceptors (Lipinski definition) is 6. The van der Waals surface area contributed by atoms with Gasteiger partial charge in [0.15, 0.2) is 0 Å². The van der Waals surface area contributed by atoms with E-state index in [1.54, 1.807) is 31.4 Å². The maximum atomic E-state index is 11.5. The van der Waals surface area contributed by atoms with E-state index in [1.165, 1.54) is 0 Å². The number of amides is 1. The van der Waals surface area contributed by atoms with Crippen molar-refractivity contribution in [2.45, 2.75) is 12.5 Å². The van der Waals surface area contributed by atoms with Crippen molar-refractivity contribution in [3.8, 4) is 0 Å². The maximum absolute atomic E-state index is 11.5. The highest BCUT2D eigenvalue weighted by Gasteiger charge is 2.44. The molecule has 2 aliphatic rings. The Balaban J connectivity index is 1.45. The minimum Gasteiger partial charge on any atom is -0.376 e. The van der Waals surface area contributed by atoms with E-state index >= 15 is 0 Å². The van der Waals surface area contributed by atoms with Gasteiger partial charge in [-0.2, -0.15) is 0 Å². The Labute approximate surface area is 136 Å². The van der Waals surface area contributed by atoms with Gasteiger partial charge in [-0.3, -0.25) is 4.79 Å². The Morgan fingerprint density at radius 2 is 2.17 bits per heavy atom. The molecule has 0 aliphatic carbocycles. The molecule has 0 unspecified atom stereocenters. The Hall–Kier alpha value is -1.73. The molecule has 3 heterocycles. The van der Waals surface area contributed by atoms with Crippen LogP contribution in [0.2, 0.25) is 0 Å². The first kappa shape index (κ1) is 16.1. The van der Waals surface area contributed by atoms with Gasteiger partial charge < -0.3 is 19.3 Å². The summed E-state index contributed by atoms with van der Waals surface area (Å²) in [6, 6.07) is 1.83. The van der Waals surface area contributed by atoms with E-state index < -0.39 is 0 Å². The van der Waals surface area contributed by atoms with Crippen molar-refractivity contribution in [3.05, 3.63) is 18.5 Å². The van der Waals surface area contributed by atoms with Gasteiger partial charge in [0.05, 0.1) is 12.7 Å². The standard InChI is InChI=1S/C16H24N4O3/c1-19(2)15(21)11-22-7-4-12-10-23-14-9-20(8-13(12)14)16-17-5-3-6-18-16/h3,5-6,12-14H,4,7-11H2,1-2H3/t12-,13-,14-/m0/s1. The van der Waals surface area contributed by atoms with Crippen LogP contribution in [-0.4, -0.2) is 73.9 Å². The van der Waals surface area contributed by atoms with E-state index in [4.69, 9.17) is 9.47 Å². The highest BCUT2D eigenvalue weighted by molar-refractivity contribution is 5.76. The number of carbonyl (C=O) groups excluding carboxylic acids is 1. The molecule has 3 rings (SSSR count). The van der Waals surface area contributed by atoms with Gasteiger partial charge >= 0.3 is 0 Å². The van der Waals surface area contributed by atoms with Crippen molar-refractivity contribution in [1.82, 2.24) is 14.9 Å². The van der Waals surface area contributed by atoms with Crippen molar-refractivity contribution in [2.75, 3.05) is 51.9 Å². The molecule has 2 saturated heterocycles. The molecule has 7 nitrogen and oxygen atoms in total. The van der Waals surface area contributed by atoms with Crippen LogP contribution in [-0.2, 0) is 14.3 Å². The zero-order chi connectivity index (χ0) is 16.2. The molecular weight excluding hydrogens is 296 g/mol. The highest BCUT2D eigenvalue weighted by atomic mass is 16.5. The topological polar surface area (TPSA) is 67.8 Å². The lowest BCUT2D eigenvalue weighted by Crippen LogP contribution is -2.27. The second-order valence-electron chi connectivity index (χ2n) is 6.38. The second kappa shape index (κ2) is 7.23. The monoisotopic (exact) mass is 320 g/mol. The minimum atomic E-state index is -0.00110. The Morgan fingerprint density at radius 1 is 1.39 bits per heavy atom. The first-order valence-electron chi connectivity index (χ1n) is 8.06. The number of nitrogens with zero attached hydrogens (tertiary/aromatic N) is 4. The molecule has 2 fully saturated rings. The predicted molar refractivity (Wildman–Crippen MR) is 85.1 cm³/mol. The molecule has 0 aromatic carbocycles. The molecule has 1 amide bonds. The fourth-order valence-electron chi connectivity index (χ4n) is 3.24. The molecule has 3 atom stereocenters. The lowest BCUT2D eigenvalue weighted by Gasteiger charge is -2.19. The van der Waals surface area contributed by atoms with Crippen LogP contribution in [0.1, 0.15) is 6.42 Å². The number of carbonyl (C=O) groups is 1. The number of aromatic nitrogens is 2. The van der Waals surface area contributed by atoms with E-state index in [1.807, 2.05) is 6.07 Å². The van der Waals surface area contributed by atoms with E-state index in [0.717, 1.165) is 32.1 Å². The fourth-order valence-corrected chi connectivity index (χ4v) is 3.24. The fraction of sp³-hybridized carbons (Fsp3) is 0.688. The molecule has 0 radical (unpaired) electrons. The minimum absolute atomic E-state index is 0.00110. The summed E-state index contributed by atoms with van der Waals surface area (Å²) in [6.45, 7) is 3.31. The van der Waals surface area contributed by atoms with Gasteiger partial charge in [0.2, 0.25) is 11.9 Å². The summed E-state index contributed by atoms with van der Waals surface area (Å²) in [5, 5.41) is 0. The summed E-state index contributed by atoms with van der Waals surface area (Å²) in [5.41, 5.74) is 0. The third kappa shape index (κ3) is 3.79. The Bertz CT molecular complexity index is 525. The average molecular weight is 320 g/mol. The highest BCUT2D eigenvalue weighted by Crippen LogP contribution is 2.36. The van der Waals surface area contributed by atoms with Crippen LogP contribution in [0.15, 0.2) is 18.5 Å². The van der Waals surface area contributed by atoms with E-state index in [0.29, 0.717) is 18.4 Å². The van der Waals surface area contributed by atoms with Crippen LogP contribution in [0.3, 0.4) is 0 Å². The van der Waals surface area contributed by atoms with Gasteiger partial charge in [0.1, 0.15) is 6.61 Å². The van der Waals surface area contributed by atoms with Crippen LogP contribution in [0.4, 0.5) is 5.95 Å². The SMILES string of the molecule is CN(C)C(=O)COCC[C@H]1CO[C@H]2CN(c3ncccn3)C[C@@H]12. The van der Waals surface area contributed by atoms with Crippen molar-refractivity contribution in [1.29, 1.82) is 0 Å². The van der Waals surface area contributed by atoms with E-state index in [2.05, 4.69) is 14.9 Å². The van der Waals surface area contributed by atoms with Gasteiger partial charge in [-0.25, -0.2) is 9.97 Å². The lowest BCUT2D eigenvalue weighted by molar-refractivity contribution is -0.133. The zero-order valence-corrected chi connectivity index (χ0v) is 13.7. The third-order valence-corrected chi connectivity index (χ3v) is 4.63. The van der Waals surface area contributed by atoms with Crippen LogP contribution < -0.4 is 4.90 Å². The summed E-state index contributed by atoms with van der Waals surface area (Å²) in [4.78, 5) is 23.8. The second-order valence-corrected chi connectivity index (χ2v) is 6.38. The molecular formula is C16H24N4O3. The van der Waals surface area contributed by atoms with Gasteiger partial charge in [-0.1, -0.05) is 0 Å². The normalized spacial score (nSPS) is 26.3. The van der Waals surface area contributed by atoms with Crippen LogP contribution in [0, 0.1) is 11.8 Å². The molecule has 0 saturated carbocycles. The smallest absolute Gasteiger partial charge is 0.248 e. The predicted octanol–water partition coefficient (Wildman–Crippen LogP) is 0.423. The number of anilines is 1. The first-order chi connectivity index (χ1) is 11.1. The van der Waals surface area contributed by atoms with Gasteiger partial charge in [0, 0.05) is 52.1 Å². The van der Waals surface area contributed by atoms with Crippen molar-refractivity contribution in [2.24, 2.45) is 11.8 Å². The van der Waals surface area contributed by atoms with E-state index in [-0.39, 0.29) is 18.6 Å². The van der Waals surface area contributed by atoms with Crippen LogP contribution in [0.5, 0.6) is 0 Å². The molecule has 126 valence electrons. The molecule has 1 aromatic rings. The number of ether oxygens (including phenoxy) is 2. The summed E-state index contributed by atoms with van der Waals surface area (Å²) in [7, 11) is 3.47. The van der Waals surface area contributed by atoms with Crippen molar-refractivity contribution < 1.29 is 14.3 Å². The molecule has 0 N–H and O–H groups in total. The first-order valence-corrected chi connectivity index (χ1v) is 8.06. The zero-order valence-electron chi connectivity index (χ0n) is 13.7. The largest absolute Gasteiger partial charge is 0.376 e. The molecule has 2 aliphatic heterocycles. The van der Waals surface area contributed by atoms with Crippen LogP contribution in [0.25, 0.3) is 0 Å². The molecule has 0 spiro atoms. The molecule has 7 heteroatoms. The van der Waals surface area contributed by atoms with Crippen LogP contribution >= 0.6 is 0 Å². The summed E-state index contributed by atoms with van der Waals surface area (Å²) >= 11 is 0.